The Morgan fingerprint density at radius 3 is 1.67 bits per heavy atom. The third-order valence-corrected chi connectivity index (χ3v) is 8.50. The van der Waals surface area contributed by atoms with Crippen molar-refractivity contribution in [2.24, 2.45) is 0 Å². The fourth-order valence-corrected chi connectivity index (χ4v) is 5.38. The highest BCUT2D eigenvalue weighted by Gasteiger charge is 2.21. The molecule has 2 atom stereocenters. The Labute approximate surface area is 276 Å². The maximum atomic E-state index is 12.5. The van der Waals surface area contributed by atoms with Crippen molar-refractivity contribution < 1.29 is 42.1 Å². The first-order valence-electron chi connectivity index (χ1n) is 17.9. The van der Waals surface area contributed by atoms with Crippen molar-refractivity contribution in [3.05, 3.63) is 12.2 Å². The number of carbonyl (C=O) groups is 2. The van der Waals surface area contributed by atoms with Crippen molar-refractivity contribution in [3.8, 4) is 0 Å². The second-order valence-electron chi connectivity index (χ2n) is 13.2. The summed E-state index contributed by atoms with van der Waals surface area (Å²) in [5, 5.41) is 0. The maximum absolute atomic E-state index is 12.5. The van der Waals surface area contributed by atoms with Crippen LogP contribution in [-0.4, -0.2) is 70.0 Å². The van der Waals surface area contributed by atoms with Gasteiger partial charge in [0.1, 0.15) is 19.8 Å². The van der Waals surface area contributed by atoms with Crippen LogP contribution in [0.1, 0.15) is 149 Å². The number of carbonyl (C=O) groups excluding carboxylic acids is 2. The molecule has 0 aliphatic rings. The number of phosphoric ester groups is 1. The quantitative estimate of drug-likeness (QED) is 0.0232. The second-order valence-corrected chi connectivity index (χ2v) is 14.6. The van der Waals surface area contributed by atoms with E-state index in [1.807, 2.05) is 21.1 Å². The van der Waals surface area contributed by atoms with Crippen molar-refractivity contribution >= 4 is 19.8 Å². The molecular weight excluding hydrogens is 593 g/mol. The van der Waals surface area contributed by atoms with E-state index in [1.54, 1.807) is 0 Å². The van der Waals surface area contributed by atoms with Crippen LogP contribution in [0.3, 0.4) is 0 Å². The van der Waals surface area contributed by atoms with Crippen molar-refractivity contribution in [1.82, 2.24) is 0 Å². The number of allylic oxidation sites excluding steroid dienone is 2. The number of quaternary nitrogens is 1. The highest BCUT2D eigenvalue weighted by atomic mass is 31.2. The third-order valence-electron chi connectivity index (χ3n) is 7.54. The molecule has 0 N–H and O–H groups in total. The van der Waals surface area contributed by atoms with Crippen LogP contribution >= 0.6 is 7.82 Å². The van der Waals surface area contributed by atoms with Gasteiger partial charge in [0.15, 0.2) is 6.10 Å². The highest BCUT2D eigenvalue weighted by molar-refractivity contribution is 7.45. The Balaban J connectivity index is 4.49. The van der Waals surface area contributed by atoms with Gasteiger partial charge in [-0.25, -0.2) is 0 Å². The zero-order valence-corrected chi connectivity index (χ0v) is 30.5. The van der Waals surface area contributed by atoms with Crippen LogP contribution in [0.25, 0.3) is 0 Å². The van der Waals surface area contributed by atoms with Gasteiger partial charge in [-0.3, -0.25) is 14.2 Å². The summed E-state index contributed by atoms with van der Waals surface area (Å²) in [6.07, 6.45) is 25.4. The fraction of sp³-hybridized carbons (Fsp3) is 0.886. The van der Waals surface area contributed by atoms with Gasteiger partial charge in [0.05, 0.1) is 27.7 Å². The van der Waals surface area contributed by atoms with Gasteiger partial charge in [0.2, 0.25) is 0 Å². The number of hydrogen-bond donors (Lipinski definition) is 0. The number of ether oxygens (including phenoxy) is 2. The van der Waals surface area contributed by atoms with Crippen molar-refractivity contribution in [2.45, 2.75) is 155 Å². The van der Waals surface area contributed by atoms with Crippen LogP contribution in [0, 0.1) is 0 Å². The second kappa shape index (κ2) is 28.9. The smallest absolute Gasteiger partial charge is 0.306 e. The molecule has 0 spiro atoms. The zero-order valence-electron chi connectivity index (χ0n) is 29.6. The van der Waals surface area contributed by atoms with E-state index in [0.717, 1.165) is 44.9 Å². The molecule has 0 aromatic heterocycles. The fourth-order valence-electron chi connectivity index (χ4n) is 4.65. The predicted molar refractivity (Wildman–Crippen MR) is 181 cm³/mol. The van der Waals surface area contributed by atoms with Gasteiger partial charge < -0.3 is 27.9 Å². The molecule has 0 saturated carbocycles. The molecule has 0 aromatic carbocycles. The molecule has 0 bridgehead atoms. The number of nitrogens with zero attached hydrogens (tertiary/aromatic N) is 1. The summed E-state index contributed by atoms with van der Waals surface area (Å²) in [6.45, 7) is 4.14. The Morgan fingerprint density at radius 1 is 0.667 bits per heavy atom. The number of unbranched alkanes of at least 4 members (excludes halogenated alkanes) is 16. The summed E-state index contributed by atoms with van der Waals surface area (Å²) in [6, 6.07) is 0. The van der Waals surface area contributed by atoms with Crippen molar-refractivity contribution in [3.63, 3.8) is 0 Å². The molecule has 0 radical (unpaired) electrons. The van der Waals surface area contributed by atoms with E-state index < -0.39 is 32.5 Å². The Hall–Kier alpha value is -1.25. The van der Waals surface area contributed by atoms with Crippen LogP contribution in [0.15, 0.2) is 12.2 Å². The van der Waals surface area contributed by atoms with Gasteiger partial charge >= 0.3 is 11.9 Å². The molecule has 266 valence electrons. The maximum Gasteiger partial charge on any atom is 0.306 e. The molecule has 45 heavy (non-hydrogen) atoms. The Bertz CT molecular complexity index is 799. The summed E-state index contributed by atoms with van der Waals surface area (Å²) < 4.78 is 33.6. The first kappa shape index (κ1) is 43.8. The van der Waals surface area contributed by atoms with E-state index in [2.05, 4.69) is 26.0 Å². The van der Waals surface area contributed by atoms with Crippen LogP contribution in [0.4, 0.5) is 0 Å². The molecule has 0 aromatic rings. The predicted octanol–water partition coefficient (Wildman–Crippen LogP) is 8.44. The lowest BCUT2D eigenvalue weighted by molar-refractivity contribution is -0.870. The molecule has 10 heteroatoms. The van der Waals surface area contributed by atoms with Crippen LogP contribution < -0.4 is 4.89 Å². The largest absolute Gasteiger partial charge is 0.756 e. The van der Waals surface area contributed by atoms with Crippen LogP contribution in [-0.2, 0) is 32.7 Å². The minimum atomic E-state index is -4.61. The number of phosphoric acid groups is 1. The first-order valence-corrected chi connectivity index (χ1v) is 19.4. The highest BCUT2D eigenvalue weighted by Crippen LogP contribution is 2.38. The van der Waals surface area contributed by atoms with E-state index in [4.69, 9.17) is 18.5 Å². The number of esters is 2. The molecule has 0 aliphatic carbocycles. The lowest BCUT2D eigenvalue weighted by Crippen LogP contribution is -2.37. The van der Waals surface area contributed by atoms with Crippen molar-refractivity contribution in [1.29, 1.82) is 0 Å². The lowest BCUT2D eigenvalue weighted by atomic mass is 10.1. The summed E-state index contributed by atoms with van der Waals surface area (Å²) >= 11 is 0. The van der Waals surface area contributed by atoms with E-state index >= 15 is 0 Å². The van der Waals surface area contributed by atoms with Gasteiger partial charge in [-0.1, -0.05) is 109 Å². The Kier molecular flexibility index (Phi) is 28.1. The monoisotopic (exact) mass is 661 g/mol. The molecule has 1 unspecified atom stereocenters. The molecule has 9 nitrogen and oxygen atoms in total. The van der Waals surface area contributed by atoms with E-state index in [0.29, 0.717) is 17.4 Å². The topological polar surface area (TPSA) is 111 Å². The molecule has 0 fully saturated rings. The summed E-state index contributed by atoms with van der Waals surface area (Å²) in [5.74, 6) is -0.857. The van der Waals surface area contributed by atoms with Gasteiger partial charge in [-0.2, -0.15) is 0 Å². The summed E-state index contributed by atoms with van der Waals surface area (Å²) in [5.41, 5.74) is 0. The molecule has 0 rings (SSSR count). The zero-order chi connectivity index (χ0) is 33.7. The van der Waals surface area contributed by atoms with Crippen molar-refractivity contribution in [2.75, 3.05) is 47.5 Å². The first-order chi connectivity index (χ1) is 21.5. The number of hydrogen-bond acceptors (Lipinski definition) is 8. The lowest BCUT2D eigenvalue weighted by Gasteiger charge is -2.28. The number of rotatable bonds is 32. The molecule has 0 amide bonds. The van der Waals surface area contributed by atoms with Gasteiger partial charge in [0, 0.05) is 12.8 Å². The average Bonchev–Trinajstić information content (AvgIpc) is 2.97. The summed E-state index contributed by atoms with van der Waals surface area (Å²) in [4.78, 5) is 37.1. The van der Waals surface area contributed by atoms with Gasteiger partial charge in [-0.15, -0.1) is 0 Å². The third kappa shape index (κ3) is 32.5. The minimum Gasteiger partial charge on any atom is -0.756 e. The van der Waals surface area contributed by atoms with E-state index in [-0.39, 0.29) is 26.1 Å². The SMILES string of the molecule is CCCCCCCC/C=C/CCCCCC(=O)O[C@H](COC(=O)CCCCCCCCCC)COP(=O)([O-])OCC[N+](C)(C)C. The standard InChI is InChI=1S/C35H68NO8P/c1-6-8-10-12-14-16-17-18-19-20-22-24-26-28-35(38)44-33(32-43-45(39,40)42-30-29-36(3,4)5)31-41-34(37)27-25-23-21-15-13-11-9-7-2/h18-19,33H,6-17,20-32H2,1-5H3/b19-18+/t33-/m1/s1. The van der Waals surface area contributed by atoms with Crippen LogP contribution in [0.5, 0.6) is 0 Å². The molecule has 0 aliphatic heterocycles. The summed E-state index contributed by atoms with van der Waals surface area (Å²) in [7, 11) is 1.16. The molecule has 0 saturated heterocycles. The van der Waals surface area contributed by atoms with E-state index in [9.17, 15) is 19.0 Å². The van der Waals surface area contributed by atoms with Crippen LogP contribution in [0.2, 0.25) is 0 Å². The van der Waals surface area contributed by atoms with Gasteiger partial charge in [-0.05, 0) is 38.5 Å². The molecule has 0 heterocycles. The van der Waals surface area contributed by atoms with E-state index in [1.165, 1.54) is 70.6 Å². The minimum absolute atomic E-state index is 0.0312. The number of likely N-dealkylation sites (N-methyl/N-ethyl adjacent to an activating group) is 1. The Morgan fingerprint density at radius 2 is 1.13 bits per heavy atom. The average molecular weight is 662 g/mol. The van der Waals surface area contributed by atoms with Gasteiger partial charge in [0.25, 0.3) is 7.82 Å². The molecular formula is C35H68NO8P. The normalized spacial score (nSPS) is 14.0.